The standard InChI is InChI=1S/C22H22N4O2S/c1-14(21(27)23-13-15-7-6-12-28-15)29-22-25-17-9-3-2-8-16(17)20-24-18-10-4-5-11-19(18)26(20)22/h2-5,8-11,14-15H,6-7,12-13H2,1H3,(H,23,27). The zero-order chi connectivity index (χ0) is 19.8. The van der Waals surface area contributed by atoms with Crippen LogP contribution < -0.4 is 5.32 Å². The molecule has 1 aliphatic rings. The van der Waals surface area contributed by atoms with Crippen molar-refractivity contribution in [1.29, 1.82) is 0 Å². The number of para-hydroxylation sites is 3. The number of hydrogen-bond donors (Lipinski definition) is 1. The van der Waals surface area contributed by atoms with Crippen LogP contribution >= 0.6 is 11.8 Å². The lowest BCUT2D eigenvalue weighted by molar-refractivity contribution is -0.120. The minimum absolute atomic E-state index is 0.00182. The number of imidazole rings is 1. The number of nitrogens with one attached hydrogen (secondary N) is 1. The first-order chi connectivity index (χ1) is 14.2. The van der Waals surface area contributed by atoms with Crippen molar-refractivity contribution in [3.8, 4) is 0 Å². The number of benzene rings is 2. The van der Waals surface area contributed by atoms with Crippen molar-refractivity contribution < 1.29 is 9.53 Å². The number of hydrogen-bond acceptors (Lipinski definition) is 5. The van der Waals surface area contributed by atoms with Gasteiger partial charge in [0.15, 0.2) is 5.16 Å². The summed E-state index contributed by atoms with van der Waals surface area (Å²) < 4.78 is 7.66. The van der Waals surface area contributed by atoms with Crippen LogP contribution in [0.25, 0.3) is 27.6 Å². The van der Waals surface area contributed by atoms with Crippen LogP contribution in [-0.4, -0.2) is 44.8 Å². The molecule has 0 radical (unpaired) electrons. The molecular weight excluding hydrogens is 384 g/mol. The number of ether oxygens (including phenoxy) is 1. The predicted molar refractivity (Wildman–Crippen MR) is 115 cm³/mol. The summed E-state index contributed by atoms with van der Waals surface area (Å²) in [7, 11) is 0. The van der Waals surface area contributed by atoms with Gasteiger partial charge in [-0.1, -0.05) is 36.0 Å². The molecule has 0 aliphatic carbocycles. The molecule has 2 aromatic carbocycles. The number of fused-ring (bicyclic) bond motifs is 5. The minimum atomic E-state index is -0.283. The average molecular weight is 407 g/mol. The number of amides is 1. The van der Waals surface area contributed by atoms with Gasteiger partial charge in [0.05, 0.1) is 27.9 Å². The Morgan fingerprint density at radius 3 is 2.83 bits per heavy atom. The first-order valence-corrected chi connectivity index (χ1v) is 10.8. The Bertz CT molecular complexity index is 1200. The molecule has 1 fully saturated rings. The van der Waals surface area contributed by atoms with Gasteiger partial charge < -0.3 is 10.1 Å². The van der Waals surface area contributed by atoms with Crippen molar-refractivity contribution in [3.63, 3.8) is 0 Å². The number of rotatable bonds is 5. The average Bonchev–Trinajstić information content (AvgIpc) is 3.40. The minimum Gasteiger partial charge on any atom is -0.376 e. The molecule has 0 bridgehead atoms. The number of nitrogens with zero attached hydrogens (tertiary/aromatic N) is 3. The molecule has 3 heterocycles. The van der Waals surface area contributed by atoms with E-state index in [0.717, 1.165) is 52.2 Å². The third-order valence-electron chi connectivity index (χ3n) is 5.29. The highest BCUT2D eigenvalue weighted by atomic mass is 32.2. The fourth-order valence-corrected chi connectivity index (χ4v) is 4.72. The molecule has 2 aromatic heterocycles. The fourth-order valence-electron chi connectivity index (χ4n) is 3.77. The summed E-state index contributed by atoms with van der Waals surface area (Å²) in [5.74, 6) is -0.00182. The van der Waals surface area contributed by atoms with E-state index in [0.29, 0.717) is 6.54 Å². The highest BCUT2D eigenvalue weighted by Gasteiger charge is 2.22. The quantitative estimate of drug-likeness (QED) is 0.403. The maximum atomic E-state index is 12.7. The van der Waals surface area contributed by atoms with Gasteiger partial charge in [-0.25, -0.2) is 9.97 Å². The summed E-state index contributed by atoms with van der Waals surface area (Å²) in [5.41, 5.74) is 3.66. The molecule has 7 heteroatoms. The van der Waals surface area contributed by atoms with Crippen molar-refractivity contribution in [3.05, 3.63) is 48.5 Å². The molecule has 0 spiro atoms. The topological polar surface area (TPSA) is 68.5 Å². The van der Waals surface area contributed by atoms with Crippen LogP contribution in [0.1, 0.15) is 19.8 Å². The molecule has 0 saturated carbocycles. The lowest BCUT2D eigenvalue weighted by Gasteiger charge is -2.15. The van der Waals surface area contributed by atoms with E-state index in [9.17, 15) is 4.79 Å². The van der Waals surface area contributed by atoms with E-state index in [1.54, 1.807) is 0 Å². The van der Waals surface area contributed by atoms with Crippen LogP contribution in [0.4, 0.5) is 0 Å². The number of aromatic nitrogens is 3. The van der Waals surface area contributed by atoms with Gasteiger partial charge in [-0.3, -0.25) is 9.20 Å². The van der Waals surface area contributed by atoms with E-state index >= 15 is 0 Å². The summed E-state index contributed by atoms with van der Waals surface area (Å²) in [6.45, 7) is 3.27. The molecule has 6 nitrogen and oxygen atoms in total. The molecule has 1 amide bonds. The van der Waals surface area contributed by atoms with Crippen molar-refractivity contribution >= 4 is 45.3 Å². The van der Waals surface area contributed by atoms with Crippen molar-refractivity contribution in [1.82, 2.24) is 19.7 Å². The third kappa shape index (κ3) is 3.45. The predicted octanol–water partition coefficient (Wildman–Crippen LogP) is 3.81. The maximum absolute atomic E-state index is 12.7. The lowest BCUT2D eigenvalue weighted by atomic mass is 10.2. The SMILES string of the molecule is CC(Sc1nc2ccccc2c2nc3ccccc3n12)C(=O)NCC1CCCO1. The summed E-state index contributed by atoms with van der Waals surface area (Å²) in [5, 5.41) is 4.51. The molecule has 1 aliphatic heterocycles. The van der Waals surface area contributed by atoms with E-state index in [1.165, 1.54) is 11.8 Å². The molecule has 1 saturated heterocycles. The van der Waals surface area contributed by atoms with Crippen LogP contribution in [0.3, 0.4) is 0 Å². The fraction of sp³-hybridized carbons (Fsp3) is 0.318. The monoisotopic (exact) mass is 406 g/mol. The number of thioether (sulfide) groups is 1. The molecule has 2 atom stereocenters. The van der Waals surface area contributed by atoms with Crippen LogP contribution in [0.5, 0.6) is 0 Å². The normalized spacial score (nSPS) is 17.9. The van der Waals surface area contributed by atoms with Crippen LogP contribution in [0.15, 0.2) is 53.7 Å². The van der Waals surface area contributed by atoms with Crippen molar-refractivity contribution in [2.45, 2.75) is 36.3 Å². The van der Waals surface area contributed by atoms with Crippen molar-refractivity contribution in [2.24, 2.45) is 0 Å². The van der Waals surface area contributed by atoms with Gasteiger partial charge in [0.1, 0.15) is 5.65 Å². The second kappa shape index (κ2) is 7.65. The molecule has 1 N–H and O–H groups in total. The maximum Gasteiger partial charge on any atom is 0.233 e. The summed E-state index contributed by atoms with van der Waals surface area (Å²) in [6.07, 6.45) is 2.21. The molecule has 29 heavy (non-hydrogen) atoms. The van der Waals surface area contributed by atoms with Gasteiger partial charge in [0.2, 0.25) is 5.91 Å². The Balaban J connectivity index is 1.50. The largest absolute Gasteiger partial charge is 0.376 e. The summed E-state index contributed by atoms with van der Waals surface area (Å²) in [4.78, 5) is 22.4. The second-order valence-electron chi connectivity index (χ2n) is 7.31. The molecule has 2 unspecified atom stereocenters. The van der Waals surface area contributed by atoms with Crippen LogP contribution in [0.2, 0.25) is 0 Å². The zero-order valence-corrected chi connectivity index (χ0v) is 17.0. The van der Waals surface area contributed by atoms with Crippen LogP contribution in [-0.2, 0) is 9.53 Å². The smallest absolute Gasteiger partial charge is 0.233 e. The van der Waals surface area contributed by atoms with Crippen molar-refractivity contribution in [2.75, 3.05) is 13.2 Å². The Hall–Kier alpha value is -2.64. The van der Waals surface area contributed by atoms with E-state index in [-0.39, 0.29) is 17.3 Å². The Labute approximate surface area is 172 Å². The van der Waals surface area contributed by atoms with E-state index in [2.05, 4.69) is 9.72 Å². The van der Waals surface area contributed by atoms with Gasteiger partial charge in [0.25, 0.3) is 0 Å². The lowest BCUT2D eigenvalue weighted by Crippen LogP contribution is -2.36. The Kier molecular flexibility index (Phi) is 4.85. The van der Waals surface area contributed by atoms with E-state index in [4.69, 9.17) is 14.7 Å². The highest BCUT2D eigenvalue weighted by molar-refractivity contribution is 8.00. The van der Waals surface area contributed by atoms with E-state index in [1.807, 2.05) is 55.5 Å². The van der Waals surface area contributed by atoms with Crippen LogP contribution in [0, 0.1) is 0 Å². The molecule has 148 valence electrons. The molecule has 4 aromatic rings. The van der Waals surface area contributed by atoms with Gasteiger partial charge >= 0.3 is 0 Å². The highest BCUT2D eigenvalue weighted by Crippen LogP contribution is 2.30. The van der Waals surface area contributed by atoms with E-state index < -0.39 is 0 Å². The Morgan fingerprint density at radius 2 is 2.00 bits per heavy atom. The molecular formula is C22H22N4O2S. The number of carbonyl (C=O) groups is 1. The molecule has 5 rings (SSSR count). The first-order valence-electron chi connectivity index (χ1n) is 9.92. The summed E-state index contributed by atoms with van der Waals surface area (Å²) >= 11 is 1.46. The Morgan fingerprint density at radius 1 is 1.21 bits per heavy atom. The first kappa shape index (κ1) is 18.4. The number of carbonyl (C=O) groups excluding carboxylic acids is 1. The zero-order valence-electron chi connectivity index (χ0n) is 16.2. The van der Waals surface area contributed by atoms with Gasteiger partial charge in [0, 0.05) is 18.5 Å². The summed E-state index contributed by atoms with van der Waals surface area (Å²) in [6, 6.07) is 16.0. The second-order valence-corrected chi connectivity index (χ2v) is 8.62. The van der Waals surface area contributed by atoms with Gasteiger partial charge in [-0.15, -0.1) is 0 Å². The van der Waals surface area contributed by atoms with Gasteiger partial charge in [-0.2, -0.15) is 0 Å². The van der Waals surface area contributed by atoms with Gasteiger partial charge in [-0.05, 0) is 44.0 Å². The third-order valence-corrected chi connectivity index (χ3v) is 6.34.